The number of likely N-dealkylation sites (tertiary alicyclic amines) is 1. The maximum atomic E-state index is 11.9. The predicted octanol–water partition coefficient (Wildman–Crippen LogP) is 3.05. The van der Waals surface area contributed by atoms with Gasteiger partial charge in [-0.25, -0.2) is 9.78 Å². The highest BCUT2D eigenvalue weighted by Crippen LogP contribution is 2.30. The molecule has 0 bridgehead atoms. The van der Waals surface area contributed by atoms with Gasteiger partial charge in [-0.05, 0) is 32.9 Å². The smallest absolute Gasteiger partial charge is 0.410 e. The molecule has 2 aromatic rings. The second-order valence-corrected chi connectivity index (χ2v) is 7.47. The van der Waals surface area contributed by atoms with Gasteiger partial charge in [-0.2, -0.15) is 0 Å². The summed E-state index contributed by atoms with van der Waals surface area (Å²) in [5.74, 6) is 0. The summed E-state index contributed by atoms with van der Waals surface area (Å²) in [6.45, 7) is 7.10. The molecular weight excluding hydrogens is 286 g/mol. The molecular formula is C15H19N3O2S. The Hall–Kier alpha value is -1.69. The Labute approximate surface area is 128 Å². The number of aromatic nitrogens is 2. The zero-order valence-electron chi connectivity index (χ0n) is 12.4. The molecule has 2 aromatic heterocycles. The number of amides is 1. The molecule has 0 spiro atoms. The first-order chi connectivity index (χ1) is 9.92. The monoisotopic (exact) mass is 305 g/mol. The lowest BCUT2D eigenvalue weighted by molar-refractivity contribution is 0.0144. The van der Waals surface area contributed by atoms with Crippen molar-refractivity contribution in [3.05, 3.63) is 30.6 Å². The van der Waals surface area contributed by atoms with Crippen molar-refractivity contribution >= 4 is 23.5 Å². The molecule has 0 saturated carbocycles. The highest BCUT2D eigenvalue weighted by Gasteiger charge is 2.34. The van der Waals surface area contributed by atoms with Crippen LogP contribution in [-0.4, -0.2) is 44.3 Å². The number of carbonyl (C=O) groups is 1. The predicted molar refractivity (Wildman–Crippen MR) is 82.6 cm³/mol. The molecule has 0 unspecified atom stereocenters. The van der Waals surface area contributed by atoms with Crippen LogP contribution in [0.15, 0.2) is 35.6 Å². The summed E-state index contributed by atoms with van der Waals surface area (Å²) in [6, 6.07) is 5.95. The highest BCUT2D eigenvalue weighted by molar-refractivity contribution is 8.00. The van der Waals surface area contributed by atoms with Crippen LogP contribution in [0.2, 0.25) is 0 Å². The van der Waals surface area contributed by atoms with Crippen LogP contribution in [0.1, 0.15) is 20.8 Å². The summed E-state index contributed by atoms with van der Waals surface area (Å²) < 4.78 is 7.43. The number of fused-ring (bicyclic) bond motifs is 1. The second kappa shape index (κ2) is 5.26. The minimum atomic E-state index is -0.434. The molecule has 0 aromatic carbocycles. The lowest BCUT2D eigenvalue weighted by atomic mass is 10.2. The summed E-state index contributed by atoms with van der Waals surface area (Å²) in [4.78, 5) is 18.0. The molecule has 6 heteroatoms. The Bertz CT molecular complexity index is 656. The Morgan fingerprint density at radius 2 is 2.14 bits per heavy atom. The van der Waals surface area contributed by atoms with Gasteiger partial charge in [0.25, 0.3) is 0 Å². The van der Waals surface area contributed by atoms with E-state index in [-0.39, 0.29) is 6.09 Å². The zero-order chi connectivity index (χ0) is 15.0. The molecule has 1 aliphatic rings. The summed E-state index contributed by atoms with van der Waals surface area (Å²) in [7, 11) is 0. The van der Waals surface area contributed by atoms with Gasteiger partial charge in [-0.1, -0.05) is 17.8 Å². The number of carbonyl (C=O) groups excluding carboxylic acids is 1. The quantitative estimate of drug-likeness (QED) is 0.855. The summed E-state index contributed by atoms with van der Waals surface area (Å²) in [5.41, 5.74) is 0.514. The van der Waals surface area contributed by atoms with Gasteiger partial charge in [0.15, 0.2) is 0 Å². The van der Waals surface area contributed by atoms with Gasteiger partial charge in [-0.3, -0.25) is 4.40 Å². The van der Waals surface area contributed by atoms with Gasteiger partial charge in [0.2, 0.25) is 0 Å². The Morgan fingerprint density at radius 1 is 1.38 bits per heavy atom. The first kappa shape index (κ1) is 14.3. The molecule has 1 fully saturated rings. The molecule has 0 radical (unpaired) electrons. The molecule has 0 atom stereocenters. The van der Waals surface area contributed by atoms with E-state index < -0.39 is 5.60 Å². The third-order valence-corrected chi connectivity index (χ3v) is 4.35. The molecule has 3 rings (SSSR count). The molecule has 112 valence electrons. The molecule has 1 amide bonds. The molecule has 1 saturated heterocycles. The van der Waals surface area contributed by atoms with Crippen molar-refractivity contribution in [2.75, 3.05) is 13.1 Å². The van der Waals surface area contributed by atoms with E-state index in [0.29, 0.717) is 5.25 Å². The summed E-state index contributed by atoms with van der Waals surface area (Å²) >= 11 is 1.76. The molecule has 3 heterocycles. The molecule has 21 heavy (non-hydrogen) atoms. The van der Waals surface area contributed by atoms with Crippen molar-refractivity contribution in [1.29, 1.82) is 0 Å². The van der Waals surface area contributed by atoms with E-state index >= 15 is 0 Å². The van der Waals surface area contributed by atoms with Crippen LogP contribution in [0.4, 0.5) is 4.79 Å². The standard InChI is InChI=1S/C15H19N3O2S/c1-15(2,3)20-14(19)17-9-11(10-17)21-13-8-16-12-6-4-5-7-18(12)13/h4-8,11H,9-10H2,1-3H3. The van der Waals surface area contributed by atoms with Gasteiger partial charge >= 0.3 is 6.09 Å². The fourth-order valence-electron chi connectivity index (χ4n) is 2.16. The van der Waals surface area contributed by atoms with Crippen molar-refractivity contribution in [3.63, 3.8) is 0 Å². The number of imidazole rings is 1. The van der Waals surface area contributed by atoms with Gasteiger partial charge in [0.1, 0.15) is 11.2 Å². The normalized spacial score (nSPS) is 16.0. The van der Waals surface area contributed by atoms with Crippen molar-refractivity contribution in [2.24, 2.45) is 0 Å². The number of hydrogen-bond acceptors (Lipinski definition) is 4. The number of thioether (sulfide) groups is 1. The van der Waals surface area contributed by atoms with E-state index in [2.05, 4.69) is 9.38 Å². The van der Waals surface area contributed by atoms with Gasteiger partial charge in [0, 0.05) is 24.5 Å². The summed E-state index contributed by atoms with van der Waals surface area (Å²) in [6.07, 6.45) is 3.67. The first-order valence-corrected chi connectivity index (χ1v) is 7.87. The van der Waals surface area contributed by atoms with Crippen molar-refractivity contribution < 1.29 is 9.53 Å². The van der Waals surface area contributed by atoms with E-state index in [0.717, 1.165) is 23.8 Å². The van der Waals surface area contributed by atoms with Gasteiger partial charge in [0.05, 0.1) is 11.2 Å². The molecule has 0 aliphatic carbocycles. The van der Waals surface area contributed by atoms with Crippen LogP contribution in [0.25, 0.3) is 5.65 Å². The van der Waals surface area contributed by atoms with Gasteiger partial charge in [-0.15, -0.1) is 0 Å². The molecule has 0 N–H and O–H groups in total. The fraction of sp³-hybridized carbons (Fsp3) is 0.467. The SMILES string of the molecule is CC(C)(C)OC(=O)N1CC(Sc2cnc3ccccn23)C1. The summed E-state index contributed by atoms with van der Waals surface area (Å²) in [5, 5.41) is 1.51. The van der Waals surface area contributed by atoms with Crippen LogP contribution in [0.3, 0.4) is 0 Å². The minimum absolute atomic E-state index is 0.225. The second-order valence-electron chi connectivity index (χ2n) is 6.15. The number of hydrogen-bond donors (Lipinski definition) is 0. The van der Waals surface area contributed by atoms with Crippen LogP contribution < -0.4 is 0 Å². The number of pyridine rings is 1. The van der Waals surface area contributed by atoms with E-state index in [1.54, 1.807) is 16.7 Å². The lowest BCUT2D eigenvalue weighted by Crippen LogP contribution is -2.53. The van der Waals surface area contributed by atoms with Crippen molar-refractivity contribution in [2.45, 2.75) is 36.6 Å². The number of ether oxygens (including phenoxy) is 1. The van der Waals surface area contributed by atoms with Crippen LogP contribution in [0.5, 0.6) is 0 Å². The maximum Gasteiger partial charge on any atom is 0.410 e. The topological polar surface area (TPSA) is 46.8 Å². The first-order valence-electron chi connectivity index (χ1n) is 6.99. The average Bonchev–Trinajstić information content (AvgIpc) is 2.74. The largest absolute Gasteiger partial charge is 0.444 e. The molecule has 1 aliphatic heterocycles. The lowest BCUT2D eigenvalue weighted by Gasteiger charge is -2.39. The van der Waals surface area contributed by atoms with E-state index in [4.69, 9.17) is 4.74 Å². The van der Waals surface area contributed by atoms with Crippen LogP contribution in [-0.2, 0) is 4.74 Å². The number of nitrogens with zero attached hydrogens (tertiary/aromatic N) is 3. The number of rotatable bonds is 2. The van der Waals surface area contributed by atoms with Gasteiger partial charge < -0.3 is 9.64 Å². The zero-order valence-corrected chi connectivity index (χ0v) is 13.3. The van der Waals surface area contributed by atoms with Crippen LogP contribution in [0, 0.1) is 0 Å². The van der Waals surface area contributed by atoms with Crippen LogP contribution >= 0.6 is 11.8 Å². The third kappa shape index (κ3) is 3.15. The average molecular weight is 305 g/mol. The maximum absolute atomic E-state index is 11.9. The Balaban J connectivity index is 1.57. The fourth-order valence-corrected chi connectivity index (χ4v) is 3.39. The Morgan fingerprint density at radius 3 is 2.86 bits per heavy atom. The Kier molecular flexibility index (Phi) is 3.57. The minimum Gasteiger partial charge on any atom is -0.444 e. The highest BCUT2D eigenvalue weighted by atomic mass is 32.2. The van der Waals surface area contributed by atoms with Crippen molar-refractivity contribution in [3.8, 4) is 0 Å². The van der Waals surface area contributed by atoms with E-state index in [1.807, 2.05) is 51.4 Å². The third-order valence-electron chi connectivity index (χ3n) is 3.17. The molecule has 5 nitrogen and oxygen atoms in total. The van der Waals surface area contributed by atoms with E-state index in [1.165, 1.54) is 0 Å². The van der Waals surface area contributed by atoms with E-state index in [9.17, 15) is 4.79 Å². The van der Waals surface area contributed by atoms with Crippen molar-refractivity contribution in [1.82, 2.24) is 14.3 Å².